The van der Waals surface area contributed by atoms with Gasteiger partial charge in [0.05, 0.1) is 12.7 Å². The van der Waals surface area contributed by atoms with E-state index < -0.39 is 0 Å². The Morgan fingerprint density at radius 1 is 1.38 bits per heavy atom. The minimum absolute atomic E-state index is 0.656. The second kappa shape index (κ2) is 3.10. The fraction of sp³-hybridized carbons (Fsp3) is 0.364. The van der Waals surface area contributed by atoms with Crippen LogP contribution in [0.2, 0.25) is 0 Å². The van der Waals surface area contributed by atoms with E-state index in [1.54, 1.807) is 7.11 Å². The molecule has 2 rings (SSSR count). The Hall–Kier alpha value is -1.49. The van der Waals surface area contributed by atoms with Crippen molar-refractivity contribution in [3.05, 3.63) is 28.8 Å². The largest absolute Gasteiger partial charge is 0.495 e. The molecule has 66 valence electrons. The monoisotopic (exact) mass is 173 g/mol. The van der Waals surface area contributed by atoms with Gasteiger partial charge in [0.15, 0.2) is 0 Å². The molecule has 2 nitrogen and oxygen atoms in total. The molecule has 1 aliphatic rings. The molecule has 0 fully saturated rings. The lowest BCUT2D eigenvalue weighted by Gasteiger charge is -2.08. The average Bonchev–Trinajstić information content (AvgIpc) is 2.63. The lowest BCUT2D eigenvalue weighted by Crippen LogP contribution is -1.94. The van der Waals surface area contributed by atoms with E-state index in [4.69, 9.17) is 10.00 Å². The van der Waals surface area contributed by atoms with Gasteiger partial charge in [0.25, 0.3) is 0 Å². The molecule has 0 radical (unpaired) electrons. The van der Waals surface area contributed by atoms with Crippen molar-refractivity contribution >= 4 is 0 Å². The van der Waals surface area contributed by atoms with Crippen LogP contribution in [0, 0.1) is 11.3 Å². The van der Waals surface area contributed by atoms with Gasteiger partial charge in [-0.1, -0.05) is 6.07 Å². The summed E-state index contributed by atoms with van der Waals surface area (Å²) >= 11 is 0. The molecule has 0 N–H and O–H groups in total. The SMILES string of the molecule is COc1c(C#N)ccc2c1CCC2. The second-order valence-corrected chi connectivity index (χ2v) is 3.25. The zero-order valence-electron chi connectivity index (χ0n) is 7.63. The molecule has 13 heavy (non-hydrogen) atoms. The summed E-state index contributed by atoms with van der Waals surface area (Å²) in [5.74, 6) is 0.789. The van der Waals surface area contributed by atoms with Crippen LogP contribution in [0.15, 0.2) is 12.1 Å². The smallest absolute Gasteiger partial charge is 0.140 e. The van der Waals surface area contributed by atoms with Gasteiger partial charge in [-0.3, -0.25) is 0 Å². The summed E-state index contributed by atoms with van der Waals surface area (Å²) in [6.07, 6.45) is 3.35. The fourth-order valence-corrected chi connectivity index (χ4v) is 1.95. The van der Waals surface area contributed by atoms with E-state index in [-0.39, 0.29) is 0 Å². The Balaban J connectivity index is 2.61. The quantitative estimate of drug-likeness (QED) is 0.651. The molecule has 2 heteroatoms. The van der Waals surface area contributed by atoms with Crippen LogP contribution in [-0.4, -0.2) is 7.11 Å². The molecule has 1 aliphatic carbocycles. The number of methoxy groups -OCH3 is 1. The molecule has 0 unspecified atom stereocenters. The Morgan fingerprint density at radius 3 is 2.92 bits per heavy atom. The van der Waals surface area contributed by atoms with Gasteiger partial charge in [-0.25, -0.2) is 0 Å². The maximum Gasteiger partial charge on any atom is 0.140 e. The van der Waals surface area contributed by atoms with E-state index in [2.05, 4.69) is 6.07 Å². The normalized spacial score (nSPS) is 13.5. The summed E-state index contributed by atoms with van der Waals surface area (Å²) < 4.78 is 5.26. The molecule has 0 saturated carbocycles. The predicted octanol–water partition coefficient (Wildman–Crippen LogP) is 2.06. The van der Waals surface area contributed by atoms with E-state index >= 15 is 0 Å². The van der Waals surface area contributed by atoms with Gasteiger partial charge >= 0.3 is 0 Å². The molecule has 0 bridgehead atoms. The van der Waals surface area contributed by atoms with Gasteiger partial charge in [0, 0.05) is 0 Å². The summed E-state index contributed by atoms with van der Waals surface area (Å²) in [7, 11) is 1.63. The number of rotatable bonds is 1. The van der Waals surface area contributed by atoms with Gasteiger partial charge in [-0.05, 0) is 36.5 Å². The molecule has 0 atom stereocenters. The first-order valence-corrected chi connectivity index (χ1v) is 4.45. The average molecular weight is 173 g/mol. The molecule has 1 aromatic rings. The van der Waals surface area contributed by atoms with E-state index in [1.807, 2.05) is 12.1 Å². The maximum absolute atomic E-state index is 8.85. The third kappa shape index (κ3) is 1.17. The molecule has 0 amide bonds. The summed E-state index contributed by atoms with van der Waals surface area (Å²) in [5, 5.41) is 8.85. The minimum Gasteiger partial charge on any atom is -0.495 e. The molecular formula is C11H11NO. The van der Waals surface area contributed by atoms with Gasteiger partial charge in [0.1, 0.15) is 11.8 Å². The van der Waals surface area contributed by atoms with Gasteiger partial charge < -0.3 is 4.74 Å². The molecule has 0 saturated heterocycles. The number of nitrogens with zero attached hydrogens (tertiary/aromatic N) is 1. The van der Waals surface area contributed by atoms with Crippen molar-refractivity contribution in [1.82, 2.24) is 0 Å². The highest BCUT2D eigenvalue weighted by atomic mass is 16.5. The number of nitriles is 1. The molecule has 0 aromatic heterocycles. The Kier molecular flexibility index (Phi) is 1.94. The highest BCUT2D eigenvalue weighted by Crippen LogP contribution is 2.33. The minimum atomic E-state index is 0.656. The summed E-state index contributed by atoms with van der Waals surface area (Å²) in [6, 6.07) is 6.05. The Bertz CT molecular complexity index is 376. The summed E-state index contributed by atoms with van der Waals surface area (Å²) in [6.45, 7) is 0. The van der Waals surface area contributed by atoms with Gasteiger partial charge in [-0.2, -0.15) is 5.26 Å². The van der Waals surface area contributed by atoms with Crippen LogP contribution in [0.1, 0.15) is 23.1 Å². The standard InChI is InChI=1S/C11H11NO/c1-13-11-9(7-12)6-5-8-3-2-4-10(8)11/h5-6H,2-4H2,1H3. The second-order valence-electron chi connectivity index (χ2n) is 3.25. The lowest BCUT2D eigenvalue weighted by molar-refractivity contribution is 0.409. The highest BCUT2D eigenvalue weighted by Gasteiger charge is 2.17. The van der Waals surface area contributed by atoms with Crippen LogP contribution in [0.4, 0.5) is 0 Å². The predicted molar refractivity (Wildman–Crippen MR) is 49.7 cm³/mol. The van der Waals surface area contributed by atoms with E-state index in [0.29, 0.717) is 5.56 Å². The third-order valence-corrected chi connectivity index (χ3v) is 2.55. The Labute approximate surface area is 77.8 Å². The summed E-state index contributed by atoms with van der Waals surface area (Å²) in [5.41, 5.74) is 3.24. The molecule has 1 aromatic carbocycles. The van der Waals surface area contributed by atoms with Crippen molar-refractivity contribution in [2.24, 2.45) is 0 Å². The molecular weight excluding hydrogens is 162 g/mol. The number of aryl methyl sites for hydroxylation is 1. The van der Waals surface area contributed by atoms with E-state index in [1.165, 1.54) is 17.5 Å². The van der Waals surface area contributed by atoms with Crippen molar-refractivity contribution in [3.63, 3.8) is 0 Å². The van der Waals surface area contributed by atoms with Gasteiger partial charge in [0.2, 0.25) is 0 Å². The van der Waals surface area contributed by atoms with Crippen molar-refractivity contribution in [3.8, 4) is 11.8 Å². The Morgan fingerprint density at radius 2 is 2.23 bits per heavy atom. The first-order valence-electron chi connectivity index (χ1n) is 4.45. The van der Waals surface area contributed by atoms with Crippen LogP contribution in [0.3, 0.4) is 0 Å². The topological polar surface area (TPSA) is 33.0 Å². The zero-order chi connectivity index (χ0) is 9.26. The van der Waals surface area contributed by atoms with Crippen molar-refractivity contribution in [2.45, 2.75) is 19.3 Å². The maximum atomic E-state index is 8.85. The van der Waals surface area contributed by atoms with Crippen LogP contribution < -0.4 is 4.74 Å². The number of benzene rings is 1. The molecule has 0 heterocycles. The van der Waals surface area contributed by atoms with Crippen LogP contribution in [0.25, 0.3) is 0 Å². The fourth-order valence-electron chi connectivity index (χ4n) is 1.95. The lowest BCUT2D eigenvalue weighted by atomic mass is 10.1. The number of fused-ring (bicyclic) bond motifs is 1. The van der Waals surface area contributed by atoms with Gasteiger partial charge in [-0.15, -0.1) is 0 Å². The van der Waals surface area contributed by atoms with Crippen molar-refractivity contribution < 1.29 is 4.74 Å². The van der Waals surface area contributed by atoms with Crippen LogP contribution in [-0.2, 0) is 12.8 Å². The number of ether oxygens (including phenoxy) is 1. The summed E-state index contributed by atoms with van der Waals surface area (Å²) in [4.78, 5) is 0. The van der Waals surface area contributed by atoms with E-state index in [0.717, 1.165) is 18.6 Å². The highest BCUT2D eigenvalue weighted by molar-refractivity contribution is 5.53. The number of hydrogen-bond acceptors (Lipinski definition) is 2. The third-order valence-electron chi connectivity index (χ3n) is 2.55. The molecule has 0 aliphatic heterocycles. The molecule has 0 spiro atoms. The number of hydrogen-bond donors (Lipinski definition) is 0. The van der Waals surface area contributed by atoms with Crippen LogP contribution in [0.5, 0.6) is 5.75 Å². The first-order chi connectivity index (χ1) is 6.36. The zero-order valence-corrected chi connectivity index (χ0v) is 7.63. The van der Waals surface area contributed by atoms with Crippen LogP contribution >= 0.6 is 0 Å². The first kappa shape index (κ1) is 8.12. The van der Waals surface area contributed by atoms with E-state index in [9.17, 15) is 0 Å². The van der Waals surface area contributed by atoms with Crippen molar-refractivity contribution in [2.75, 3.05) is 7.11 Å². The van der Waals surface area contributed by atoms with Crippen molar-refractivity contribution in [1.29, 1.82) is 5.26 Å².